The number of hydrogen-bond donors (Lipinski definition) is 1. The average molecular weight is 549 g/mol. The van der Waals surface area contributed by atoms with Crippen molar-refractivity contribution in [1.82, 2.24) is 0 Å². The van der Waals surface area contributed by atoms with Crippen LogP contribution in [0, 0.1) is 17.8 Å². The van der Waals surface area contributed by atoms with E-state index in [2.05, 4.69) is 94.4 Å². The fraction of sp³-hybridized carbons (Fsp3) is 0.559. The Balaban J connectivity index is 1.61. The molecule has 39 heavy (non-hydrogen) atoms. The fourth-order valence-corrected chi connectivity index (χ4v) is 12.0. The van der Waals surface area contributed by atoms with Crippen molar-refractivity contribution in [2.24, 2.45) is 17.8 Å². The van der Waals surface area contributed by atoms with Crippen LogP contribution >= 0.6 is 0 Å². The number of carbonyl (C=O) groups excluding carboxylic acids is 1. The third-order valence-electron chi connectivity index (χ3n) is 8.93. The molecular weight excluding hydrogens is 500 g/mol. The van der Waals surface area contributed by atoms with E-state index in [9.17, 15) is 9.90 Å². The molecule has 0 spiro atoms. The SMILES string of the molecule is CCCCC/C=C/[C@@H](OC(C)=O)[C@@H]1[C@H]2C[C@@H](O[Si](c3ccccc3)(c3ccccc3)C(C)(C)C)C[C@H]2C[C@@H]1O. The number of fused-ring (bicyclic) bond motifs is 1. The molecule has 2 saturated carbocycles. The standard InChI is InChI=1S/C34H48O4Si/c1-6-7-8-9-16-21-32(37-25(2)35)33-30-24-27(22-26(30)23-31(33)36)38-39(34(3,4)5,28-17-12-10-13-18-28)29-19-14-11-15-20-29/h10-21,26-27,30-33,36H,6-9,22-24H2,1-5H3/b21-16+/t26-,27-,30-,31-,32+,33+/m0/s1. The molecule has 2 aromatic rings. The van der Waals surface area contributed by atoms with E-state index in [0.717, 1.165) is 32.1 Å². The van der Waals surface area contributed by atoms with Gasteiger partial charge in [-0.1, -0.05) is 107 Å². The lowest BCUT2D eigenvalue weighted by Crippen LogP contribution is -2.67. The number of ether oxygens (including phenoxy) is 1. The zero-order chi connectivity index (χ0) is 28.0. The molecule has 6 atom stereocenters. The van der Waals surface area contributed by atoms with Crippen LogP contribution in [0.1, 0.15) is 79.6 Å². The molecule has 0 heterocycles. The summed E-state index contributed by atoms with van der Waals surface area (Å²) in [5, 5.41) is 13.7. The summed E-state index contributed by atoms with van der Waals surface area (Å²) in [6, 6.07) is 21.6. The van der Waals surface area contributed by atoms with Crippen LogP contribution in [-0.4, -0.2) is 37.7 Å². The number of benzene rings is 2. The van der Waals surface area contributed by atoms with Gasteiger partial charge in [-0.3, -0.25) is 4.79 Å². The van der Waals surface area contributed by atoms with Gasteiger partial charge in [-0.2, -0.15) is 0 Å². The van der Waals surface area contributed by atoms with Crippen LogP contribution in [0.2, 0.25) is 5.04 Å². The normalized spacial score (nSPS) is 26.1. The van der Waals surface area contributed by atoms with Crippen LogP contribution in [0.5, 0.6) is 0 Å². The van der Waals surface area contributed by atoms with Crippen molar-refractivity contribution in [3.63, 3.8) is 0 Å². The van der Waals surface area contributed by atoms with Crippen LogP contribution in [0.3, 0.4) is 0 Å². The van der Waals surface area contributed by atoms with Crippen LogP contribution < -0.4 is 10.4 Å². The molecular formula is C34H48O4Si. The number of aliphatic hydroxyl groups excluding tert-OH is 1. The number of allylic oxidation sites excluding steroid dienone is 1. The number of hydrogen-bond acceptors (Lipinski definition) is 4. The molecule has 5 heteroatoms. The van der Waals surface area contributed by atoms with Crippen molar-refractivity contribution in [3.8, 4) is 0 Å². The molecule has 2 aliphatic rings. The van der Waals surface area contributed by atoms with E-state index in [4.69, 9.17) is 9.16 Å². The van der Waals surface area contributed by atoms with Gasteiger partial charge >= 0.3 is 5.97 Å². The number of unbranched alkanes of at least 4 members (excludes halogenated alkanes) is 3. The van der Waals surface area contributed by atoms with Crippen molar-refractivity contribution in [2.75, 3.05) is 0 Å². The fourth-order valence-electron chi connectivity index (χ4n) is 7.28. The topological polar surface area (TPSA) is 55.8 Å². The monoisotopic (exact) mass is 548 g/mol. The third-order valence-corrected chi connectivity index (χ3v) is 14.0. The smallest absolute Gasteiger partial charge is 0.303 e. The molecule has 0 unspecified atom stereocenters. The number of carbonyl (C=O) groups is 1. The van der Waals surface area contributed by atoms with Gasteiger partial charge in [-0.15, -0.1) is 0 Å². The maximum absolute atomic E-state index is 12.1. The Bertz CT molecular complexity index is 1040. The Labute approximate surface area is 237 Å². The van der Waals surface area contributed by atoms with Crippen molar-refractivity contribution in [1.29, 1.82) is 0 Å². The first-order chi connectivity index (χ1) is 18.7. The van der Waals surface area contributed by atoms with Gasteiger partial charge in [0.05, 0.1) is 6.10 Å². The molecule has 2 fully saturated rings. The lowest BCUT2D eigenvalue weighted by Gasteiger charge is -2.45. The minimum atomic E-state index is -2.65. The Kier molecular flexibility index (Phi) is 9.90. The molecule has 0 aromatic heterocycles. The third kappa shape index (κ3) is 6.58. The zero-order valence-electron chi connectivity index (χ0n) is 24.5. The first-order valence-corrected chi connectivity index (χ1v) is 16.9. The predicted octanol–water partition coefficient (Wildman–Crippen LogP) is 6.41. The van der Waals surface area contributed by atoms with Gasteiger partial charge in [0.25, 0.3) is 8.32 Å². The molecule has 4 nitrogen and oxygen atoms in total. The highest BCUT2D eigenvalue weighted by atomic mass is 28.4. The van der Waals surface area contributed by atoms with Gasteiger partial charge in [-0.05, 0) is 65.4 Å². The maximum atomic E-state index is 12.1. The molecule has 2 aromatic carbocycles. The van der Waals surface area contributed by atoms with Gasteiger partial charge in [0, 0.05) is 18.9 Å². The van der Waals surface area contributed by atoms with Crippen LogP contribution in [0.25, 0.3) is 0 Å². The summed E-state index contributed by atoms with van der Waals surface area (Å²) < 4.78 is 13.3. The van der Waals surface area contributed by atoms with Crippen molar-refractivity contribution in [3.05, 3.63) is 72.8 Å². The molecule has 1 N–H and O–H groups in total. The van der Waals surface area contributed by atoms with Crippen molar-refractivity contribution in [2.45, 2.75) is 103 Å². The Hall–Kier alpha value is -2.21. The lowest BCUT2D eigenvalue weighted by molar-refractivity contribution is -0.148. The molecule has 0 aliphatic heterocycles. The predicted molar refractivity (Wildman–Crippen MR) is 162 cm³/mol. The summed E-state index contributed by atoms with van der Waals surface area (Å²) in [7, 11) is -2.65. The summed E-state index contributed by atoms with van der Waals surface area (Å²) in [6.07, 6.45) is 10.5. The van der Waals surface area contributed by atoms with Gasteiger partial charge in [0.2, 0.25) is 0 Å². The summed E-state index contributed by atoms with van der Waals surface area (Å²) in [6.45, 7) is 10.6. The van der Waals surface area contributed by atoms with E-state index in [1.807, 2.05) is 6.08 Å². The first kappa shape index (κ1) is 29.8. The second kappa shape index (κ2) is 13.0. The van der Waals surface area contributed by atoms with Gasteiger partial charge in [-0.25, -0.2) is 0 Å². The number of rotatable bonds is 11. The van der Waals surface area contributed by atoms with E-state index >= 15 is 0 Å². The van der Waals surface area contributed by atoms with Gasteiger partial charge in [0.15, 0.2) is 0 Å². The van der Waals surface area contributed by atoms with Gasteiger partial charge in [0.1, 0.15) is 6.10 Å². The second-order valence-corrected chi connectivity index (χ2v) is 16.9. The van der Waals surface area contributed by atoms with E-state index in [1.165, 1.54) is 30.1 Å². The van der Waals surface area contributed by atoms with E-state index in [0.29, 0.717) is 5.92 Å². The minimum Gasteiger partial charge on any atom is -0.458 e. The summed E-state index contributed by atoms with van der Waals surface area (Å²) in [5.41, 5.74) is 0. The van der Waals surface area contributed by atoms with Crippen LogP contribution in [0.15, 0.2) is 72.8 Å². The van der Waals surface area contributed by atoms with E-state index < -0.39 is 14.4 Å². The van der Waals surface area contributed by atoms with Crippen molar-refractivity contribution >= 4 is 24.7 Å². The van der Waals surface area contributed by atoms with E-state index in [-0.39, 0.29) is 35.1 Å². The van der Waals surface area contributed by atoms with Crippen LogP contribution in [-0.2, 0) is 14.0 Å². The molecule has 0 saturated heterocycles. The Morgan fingerprint density at radius 3 is 2.15 bits per heavy atom. The molecule has 212 valence electrons. The van der Waals surface area contributed by atoms with Crippen molar-refractivity contribution < 1.29 is 19.1 Å². The Morgan fingerprint density at radius 2 is 1.62 bits per heavy atom. The first-order valence-electron chi connectivity index (χ1n) is 15.0. The van der Waals surface area contributed by atoms with Crippen LogP contribution in [0.4, 0.5) is 0 Å². The summed E-state index contributed by atoms with van der Waals surface area (Å²) in [4.78, 5) is 12.1. The quantitative estimate of drug-likeness (QED) is 0.153. The summed E-state index contributed by atoms with van der Waals surface area (Å²) >= 11 is 0. The number of aliphatic hydroxyl groups is 1. The molecule has 0 radical (unpaired) electrons. The zero-order valence-corrected chi connectivity index (χ0v) is 25.5. The highest BCUT2D eigenvalue weighted by molar-refractivity contribution is 6.99. The van der Waals surface area contributed by atoms with E-state index in [1.54, 1.807) is 0 Å². The maximum Gasteiger partial charge on any atom is 0.303 e. The van der Waals surface area contributed by atoms with Gasteiger partial charge < -0.3 is 14.3 Å². The lowest BCUT2D eigenvalue weighted by atomic mass is 9.86. The molecule has 4 rings (SSSR count). The largest absolute Gasteiger partial charge is 0.458 e. The minimum absolute atomic E-state index is 0.0756. The Morgan fingerprint density at radius 1 is 1.00 bits per heavy atom. The summed E-state index contributed by atoms with van der Waals surface area (Å²) in [5.74, 6) is 0.272. The second-order valence-electron chi connectivity index (χ2n) is 12.7. The molecule has 0 amide bonds. The highest BCUT2D eigenvalue weighted by Gasteiger charge is 2.56. The number of esters is 1. The molecule has 0 bridgehead atoms. The molecule has 2 aliphatic carbocycles. The average Bonchev–Trinajstić information content (AvgIpc) is 3.42. The highest BCUT2D eigenvalue weighted by Crippen LogP contribution is 2.52.